The maximum Gasteiger partial charge on any atom is 0.188 e. The quantitative estimate of drug-likeness (QED) is 0.246. The van der Waals surface area contributed by atoms with Gasteiger partial charge in [-0.05, 0) is 24.5 Å². The smallest absolute Gasteiger partial charge is 0.188 e. The Balaban J connectivity index is 2.26. The molecule has 0 aliphatic carbocycles. The number of hydrogen-bond donors (Lipinski definition) is 1. The first-order chi connectivity index (χ1) is 12.3. The molecule has 0 radical (unpaired) electrons. The molecule has 0 saturated carbocycles. The van der Waals surface area contributed by atoms with Crippen LogP contribution in [-0.4, -0.2) is 18.0 Å². The molecule has 0 amide bonds. The largest absolute Gasteiger partial charge is 0.475 e. The van der Waals surface area contributed by atoms with Crippen LogP contribution in [0.25, 0.3) is 0 Å². The van der Waals surface area contributed by atoms with Crippen LogP contribution in [0.5, 0.6) is 0 Å². The van der Waals surface area contributed by atoms with Gasteiger partial charge in [-0.3, -0.25) is 0 Å². The molecule has 0 aliphatic heterocycles. The van der Waals surface area contributed by atoms with Crippen molar-refractivity contribution in [1.82, 2.24) is 0 Å². The maximum absolute atomic E-state index is 10.4. The fourth-order valence-corrected chi connectivity index (χ4v) is 2.83. The summed E-state index contributed by atoms with van der Waals surface area (Å²) in [5.74, 6) is 0.177. The lowest BCUT2D eigenvalue weighted by molar-refractivity contribution is -0.0215. The van der Waals surface area contributed by atoms with Crippen LogP contribution in [0.2, 0.25) is 0 Å². The Morgan fingerprint density at radius 3 is 2.44 bits per heavy atom. The van der Waals surface area contributed by atoms with Crippen LogP contribution < -0.4 is 0 Å². The lowest BCUT2D eigenvalue weighted by Gasteiger charge is -2.19. The molecule has 1 rings (SSSR count). The van der Waals surface area contributed by atoms with Crippen molar-refractivity contribution in [3.63, 3.8) is 0 Å². The van der Waals surface area contributed by atoms with Gasteiger partial charge in [0.15, 0.2) is 6.79 Å². The summed E-state index contributed by atoms with van der Waals surface area (Å²) < 4.78 is 10.9. The third kappa shape index (κ3) is 11.0. The van der Waals surface area contributed by atoms with Gasteiger partial charge >= 0.3 is 0 Å². The summed E-state index contributed by atoms with van der Waals surface area (Å²) in [6, 6.07) is 10.1. The first kappa shape index (κ1) is 21.7. The van der Waals surface area contributed by atoms with Crippen molar-refractivity contribution in [2.75, 3.05) is 6.79 Å². The highest BCUT2D eigenvalue weighted by Gasteiger charge is 2.15. The summed E-state index contributed by atoms with van der Waals surface area (Å²) in [4.78, 5) is 0. The molecule has 0 unspecified atom stereocenters. The molecule has 25 heavy (non-hydrogen) atoms. The summed E-state index contributed by atoms with van der Waals surface area (Å²) in [7, 11) is 0. The van der Waals surface area contributed by atoms with E-state index in [-0.39, 0.29) is 18.8 Å². The Labute approximate surface area is 154 Å². The van der Waals surface area contributed by atoms with Crippen molar-refractivity contribution in [2.45, 2.75) is 77.9 Å². The van der Waals surface area contributed by atoms with E-state index >= 15 is 0 Å². The van der Waals surface area contributed by atoms with E-state index in [0.717, 1.165) is 37.7 Å². The number of aliphatic hydroxyl groups is 1. The second kappa shape index (κ2) is 15.0. The fraction of sp³-hybridized carbons (Fsp3) is 0.636. The van der Waals surface area contributed by atoms with Gasteiger partial charge in [-0.25, -0.2) is 0 Å². The van der Waals surface area contributed by atoms with Crippen LogP contribution >= 0.6 is 0 Å². The molecule has 0 spiro atoms. The van der Waals surface area contributed by atoms with E-state index in [1.54, 1.807) is 6.26 Å². The van der Waals surface area contributed by atoms with Crippen molar-refractivity contribution in [3.05, 3.63) is 48.2 Å². The van der Waals surface area contributed by atoms with Crippen molar-refractivity contribution in [3.8, 4) is 0 Å². The highest BCUT2D eigenvalue weighted by Crippen LogP contribution is 2.20. The molecule has 1 N–H and O–H groups in total. The van der Waals surface area contributed by atoms with Crippen LogP contribution in [0.15, 0.2) is 42.7 Å². The van der Waals surface area contributed by atoms with E-state index in [2.05, 4.69) is 13.8 Å². The summed E-state index contributed by atoms with van der Waals surface area (Å²) in [5, 5.41) is 10.4. The van der Waals surface area contributed by atoms with Crippen molar-refractivity contribution >= 4 is 0 Å². The predicted molar refractivity (Wildman–Crippen MR) is 104 cm³/mol. The first-order valence-corrected chi connectivity index (χ1v) is 9.85. The number of rotatable bonds is 15. The van der Waals surface area contributed by atoms with E-state index < -0.39 is 0 Å². The number of unbranched alkanes of at least 4 members (excludes halogenated alkanes) is 4. The molecule has 0 bridgehead atoms. The third-order valence-electron chi connectivity index (χ3n) is 4.42. The van der Waals surface area contributed by atoms with Crippen LogP contribution in [0, 0.1) is 5.92 Å². The molecule has 1 aromatic rings. The average Bonchev–Trinajstić information content (AvgIpc) is 2.64. The highest BCUT2D eigenvalue weighted by molar-refractivity contribution is 5.13. The van der Waals surface area contributed by atoms with E-state index in [9.17, 15) is 5.11 Å². The zero-order valence-electron chi connectivity index (χ0n) is 16.0. The predicted octanol–water partition coefficient (Wildman–Crippen LogP) is 5.83. The monoisotopic (exact) mass is 348 g/mol. The van der Waals surface area contributed by atoms with Gasteiger partial charge in [0.1, 0.15) is 0 Å². The summed E-state index contributed by atoms with van der Waals surface area (Å²) in [6.45, 7) is 5.18. The summed E-state index contributed by atoms with van der Waals surface area (Å²) >= 11 is 0. The Morgan fingerprint density at radius 2 is 1.72 bits per heavy atom. The molecular weight excluding hydrogens is 312 g/mol. The van der Waals surface area contributed by atoms with Gasteiger partial charge in [0.25, 0.3) is 0 Å². The second-order valence-electron chi connectivity index (χ2n) is 6.67. The van der Waals surface area contributed by atoms with Gasteiger partial charge in [-0.1, -0.05) is 82.7 Å². The van der Waals surface area contributed by atoms with Gasteiger partial charge < -0.3 is 14.6 Å². The molecule has 0 heterocycles. The number of benzene rings is 1. The molecule has 0 aromatic heterocycles. The second-order valence-corrected chi connectivity index (χ2v) is 6.67. The minimum absolute atomic E-state index is 0.177. The molecule has 0 fully saturated rings. The van der Waals surface area contributed by atoms with E-state index in [0.29, 0.717) is 6.61 Å². The van der Waals surface area contributed by atoms with Crippen molar-refractivity contribution in [1.29, 1.82) is 0 Å². The molecule has 3 heteroatoms. The van der Waals surface area contributed by atoms with Gasteiger partial charge in [0.05, 0.1) is 19.0 Å². The van der Waals surface area contributed by atoms with Gasteiger partial charge in [-0.2, -0.15) is 0 Å². The lowest BCUT2D eigenvalue weighted by Crippen LogP contribution is -2.18. The SMILES string of the molecule is CCCCCC[C@@H](O)[C@H](/C=C\OCOCc1ccccc1)CCCC. The average molecular weight is 349 g/mol. The number of hydrogen-bond acceptors (Lipinski definition) is 3. The zero-order valence-corrected chi connectivity index (χ0v) is 16.0. The number of ether oxygens (including phenoxy) is 2. The van der Waals surface area contributed by atoms with E-state index in [1.165, 1.54) is 19.3 Å². The fourth-order valence-electron chi connectivity index (χ4n) is 2.83. The van der Waals surface area contributed by atoms with Gasteiger partial charge in [-0.15, -0.1) is 0 Å². The molecule has 142 valence electrons. The standard InChI is InChI=1S/C22H36O3/c1-3-5-7-11-15-22(23)21(14-6-4-2)16-17-24-19-25-18-20-12-9-8-10-13-20/h8-10,12-13,16-17,21-23H,3-7,11,14-15,18-19H2,1-2H3/b17-16-/t21-,22+/m0/s1. The zero-order chi connectivity index (χ0) is 18.2. The Kier molecular flexibility index (Phi) is 13.0. The first-order valence-electron chi connectivity index (χ1n) is 9.85. The summed E-state index contributed by atoms with van der Waals surface area (Å²) in [5.41, 5.74) is 1.14. The molecule has 3 nitrogen and oxygen atoms in total. The van der Waals surface area contributed by atoms with E-state index in [1.807, 2.05) is 36.4 Å². The maximum atomic E-state index is 10.4. The molecule has 2 atom stereocenters. The van der Waals surface area contributed by atoms with Crippen molar-refractivity contribution < 1.29 is 14.6 Å². The van der Waals surface area contributed by atoms with Crippen LogP contribution in [0.3, 0.4) is 0 Å². The van der Waals surface area contributed by atoms with Gasteiger partial charge in [0.2, 0.25) is 0 Å². The lowest BCUT2D eigenvalue weighted by atomic mass is 9.92. The third-order valence-corrected chi connectivity index (χ3v) is 4.42. The molecular formula is C22H36O3. The molecule has 0 aliphatic rings. The Bertz CT molecular complexity index is 430. The Hall–Kier alpha value is -1.32. The summed E-state index contributed by atoms with van der Waals surface area (Å²) in [6.07, 6.45) is 12.4. The molecule has 1 aromatic carbocycles. The van der Waals surface area contributed by atoms with Crippen LogP contribution in [-0.2, 0) is 16.1 Å². The van der Waals surface area contributed by atoms with Crippen molar-refractivity contribution in [2.24, 2.45) is 5.92 Å². The minimum Gasteiger partial charge on any atom is -0.475 e. The highest BCUT2D eigenvalue weighted by atomic mass is 16.7. The van der Waals surface area contributed by atoms with Crippen LogP contribution in [0.4, 0.5) is 0 Å². The minimum atomic E-state index is -0.270. The normalized spacial score (nSPS) is 13.9. The topological polar surface area (TPSA) is 38.7 Å². The number of aliphatic hydroxyl groups excluding tert-OH is 1. The molecule has 0 saturated heterocycles. The van der Waals surface area contributed by atoms with Gasteiger partial charge in [0, 0.05) is 5.92 Å². The Morgan fingerprint density at radius 1 is 0.960 bits per heavy atom. The van der Waals surface area contributed by atoms with Crippen LogP contribution in [0.1, 0.15) is 70.8 Å². The van der Waals surface area contributed by atoms with E-state index in [4.69, 9.17) is 9.47 Å².